The van der Waals surface area contributed by atoms with Crippen molar-refractivity contribution in [2.24, 2.45) is 0 Å². The van der Waals surface area contributed by atoms with Gasteiger partial charge in [-0.3, -0.25) is 0 Å². The Morgan fingerprint density at radius 3 is 2.33 bits per heavy atom. The molecule has 0 aromatic heterocycles. The lowest BCUT2D eigenvalue weighted by Gasteiger charge is -2.06. The summed E-state index contributed by atoms with van der Waals surface area (Å²) < 4.78 is 48.3. The van der Waals surface area contributed by atoms with Crippen LogP contribution < -0.4 is 0 Å². The van der Waals surface area contributed by atoms with Crippen LogP contribution in [0.5, 0.6) is 0 Å². The molecule has 0 aliphatic rings. The first-order chi connectivity index (χ1) is 5.41. The van der Waals surface area contributed by atoms with Crippen LogP contribution >= 0.6 is 0 Å². The molecule has 0 bridgehead atoms. The largest absolute Gasteiger partial charge is 0.416 e. The van der Waals surface area contributed by atoms with Crippen LogP contribution in [0.3, 0.4) is 0 Å². The van der Waals surface area contributed by atoms with E-state index in [9.17, 15) is 17.6 Å². The second-order valence-electron chi connectivity index (χ2n) is 2.38. The second-order valence-corrected chi connectivity index (χ2v) is 2.38. The van der Waals surface area contributed by atoms with E-state index >= 15 is 0 Å². The molecule has 65 valence electrons. The second kappa shape index (κ2) is 2.77. The van der Waals surface area contributed by atoms with E-state index in [1.807, 2.05) is 6.07 Å². The molecule has 0 unspecified atom stereocenters. The van der Waals surface area contributed by atoms with E-state index in [1.54, 1.807) is 0 Å². The van der Waals surface area contributed by atoms with Gasteiger partial charge in [-0.25, -0.2) is 4.39 Å². The van der Waals surface area contributed by atoms with Gasteiger partial charge in [0.25, 0.3) is 0 Å². The average molecular weight is 177 g/mol. The van der Waals surface area contributed by atoms with Crippen LogP contribution in [0.4, 0.5) is 17.6 Å². The predicted octanol–water partition coefficient (Wildman–Crippen LogP) is 2.95. The molecule has 0 saturated heterocycles. The van der Waals surface area contributed by atoms with Gasteiger partial charge in [-0.2, -0.15) is 13.2 Å². The SMILES string of the molecule is Cc1cc(C(F)(F)F)c[c]c1F. The number of aryl methyl sites for hydroxylation is 1. The maximum Gasteiger partial charge on any atom is 0.416 e. The van der Waals surface area contributed by atoms with Gasteiger partial charge in [-0.05, 0) is 24.6 Å². The molecule has 0 heterocycles. The Kier molecular flexibility index (Phi) is 2.08. The highest BCUT2D eigenvalue weighted by molar-refractivity contribution is 5.24. The Labute approximate surface area is 66.8 Å². The van der Waals surface area contributed by atoms with Gasteiger partial charge in [0, 0.05) is 6.07 Å². The van der Waals surface area contributed by atoms with Crippen LogP contribution in [0, 0.1) is 18.8 Å². The third-order valence-electron chi connectivity index (χ3n) is 1.40. The molecule has 0 aliphatic heterocycles. The van der Waals surface area contributed by atoms with Gasteiger partial charge in [0.05, 0.1) is 5.56 Å². The normalized spacial score (nSPS) is 11.8. The molecular formula is C8H5F4. The van der Waals surface area contributed by atoms with Crippen molar-refractivity contribution in [2.45, 2.75) is 13.1 Å². The minimum atomic E-state index is -4.42. The molecule has 4 heteroatoms. The molecule has 1 rings (SSSR count). The lowest BCUT2D eigenvalue weighted by Crippen LogP contribution is -2.05. The molecule has 1 radical (unpaired) electrons. The fourth-order valence-corrected chi connectivity index (χ4v) is 0.757. The molecule has 0 amide bonds. The highest BCUT2D eigenvalue weighted by atomic mass is 19.4. The maximum atomic E-state index is 12.5. The van der Waals surface area contributed by atoms with Crippen molar-refractivity contribution in [1.82, 2.24) is 0 Å². The molecule has 12 heavy (non-hydrogen) atoms. The summed E-state index contributed by atoms with van der Waals surface area (Å²) in [7, 11) is 0. The van der Waals surface area contributed by atoms with E-state index in [2.05, 4.69) is 0 Å². The fraction of sp³-hybridized carbons (Fsp3) is 0.250. The summed E-state index contributed by atoms with van der Waals surface area (Å²) in [6.45, 7) is 1.26. The van der Waals surface area contributed by atoms with E-state index in [0.29, 0.717) is 6.07 Å². The third kappa shape index (κ3) is 1.75. The smallest absolute Gasteiger partial charge is 0.206 e. The standard InChI is InChI=1S/C8H5F4/c1-5-4-6(8(10,11)12)2-3-7(5)9/h2,4H,1H3. The minimum Gasteiger partial charge on any atom is -0.206 e. The van der Waals surface area contributed by atoms with Crippen molar-refractivity contribution >= 4 is 0 Å². The van der Waals surface area contributed by atoms with Crippen molar-refractivity contribution in [3.05, 3.63) is 35.1 Å². The quantitative estimate of drug-likeness (QED) is 0.534. The summed E-state index contributed by atoms with van der Waals surface area (Å²) in [6, 6.07) is 3.24. The minimum absolute atomic E-state index is 0.0511. The van der Waals surface area contributed by atoms with Crippen molar-refractivity contribution < 1.29 is 17.6 Å². The first-order valence-corrected chi connectivity index (χ1v) is 3.16. The molecule has 0 N–H and O–H groups in total. The Bertz CT molecular complexity index is 288. The number of alkyl halides is 3. The topological polar surface area (TPSA) is 0 Å². The van der Waals surface area contributed by atoms with Crippen LogP contribution in [-0.4, -0.2) is 0 Å². The summed E-state index contributed by atoms with van der Waals surface area (Å²) >= 11 is 0. The molecule has 0 fully saturated rings. The van der Waals surface area contributed by atoms with Gasteiger partial charge in [-0.15, -0.1) is 0 Å². The van der Waals surface area contributed by atoms with Gasteiger partial charge in [0.1, 0.15) is 5.82 Å². The average Bonchev–Trinajstić information content (AvgIpc) is 1.92. The lowest BCUT2D eigenvalue weighted by atomic mass is 10.1. The Morgan fingerprint density at radius 1 is 1.33 bits per heavy atom. The van der Waals surface area contributed by atoms with Crippen LogP contribution in [0.1, 0.15) is 11.1 Å². The molecule has 0 nitrogen and oxygen atoms in total. The van der Waals surface area contributed by atoms with Crippen molar-refractivity contribution in [1.29, 1.82) is 0 Å². The molecule has 0 atom stereocenters. The summed E-state index contributed by atoms with van der Waals surface area (Å²) in [5, 5.41) is 0. The first kappa shape index (κ1) is 9.03. The molecule has 0 spiro atoms. The van der Waals surface area contributed by atoms with Crippen molar-refractivity contribution in [2.75, 3.05) is 0 Å². The lowest BCUT2D eigenvalue weighted by molar-refractivity contribution is -0.137. The number of hydrogen-bond acceptors (Lipinski definition) is 0. The van der Waals surface area contributed by atoms with E-state index in [0.717, 1.165) is 6.07 Å². The van der Waals surface area contributed by atoms with E-state index in [4.69, 9.17) is 0 Å². The van der Waals surface area contributed by atoms with Gasteiger partial charge in [-0.1, -0.05) is 0 Å². The summed E-state index contributed by atoms with van der Waals surface area (Å²) in [5.41, 5.74) is -0.925. The molecular weight excluding hydrogens is 172 g/mol. The zero-order chi connectivity index (χ0) is 9.35. The van der Waals surface area contributed by atoms with Gasteiger partial charge >= 0.3 is 6.18 Å². The zero-order valence-corrected chi connectivity index (χ0v) is 6.17. The van der Waals surface area contributed by atoms with E-state index in [1.165, 1.54) is 6.92 Å². The molecule has 0 aliphatic carbocycles. The zero-order valence-electron chi connectivity index (χ0n) is 6.17. The number of rotatable bonds is 0. The van der Waals surface area contributed by atoms with Crippen LogP contribution in [0.25, 0.3) is 0 Å². The van der Waals surface area contributed by atoms with E-state index in [-0.39, 0.29) is 5.56 Å². The number of hydrogen-bond donors (Lipinski definition) is 0. The third-order valence-corrected chi connectivity index (χ3v) is 1.40. The van der Waals surface area contributed by atoms with Gasteiger partial charge in [0.15, 0.2) is 0 Å². The predicted molar refractivity (Wildman–Crippen MR) is 35.0 cm³/mol. The summed E-state index contributed by atoms with van der Waals surface area (Å²) in [4.78, 5) is 0. The van der Waals surface area contributed by atoms with Crippen molar-refractivity contribution in [3.8, 4) is 0 Å². The van der Waals surface area contributed by atoms with Crippen LogP contribution in [0.15, 0.2) is 12.1 Å². The monoisotopic (exact) mass is 177 g/mol. The first-order valence-electron chi connectivity index (χ1n) is 3.16. The highest BCUT2D eigenvalue weighted by Crippen LogP contribution is 2.29. The molecule has 1 aromatic carbocycles. The van der Waals surface area contributed by atoms with Crippen molar-refractivity contribution in [3.63, 3.8) is 0 Å². The van der Waals surface area contributed by atoms with Gasteiger partial charge in [0.2, 0.25) is 0 Å². The summed E-state index contributed by atoms with van der Waals surface area (Å²) in [6.07, 6.45) is -4.42. The van der Waals surface area contributed by atoms with Crippen LogP contribution in [-0.2, 0) is 6.18 Å². The van der Waals surface area contributed by atoms with Crippen LogP contribution in [0.2, 0.25) is 0 Å². The van der Waals surface area contributed by atoms with Gasteiger partial charge < -0.3 is 0 Å². The highest BCUT2D eigenvalue weighted by Gasteiger charge is 2.30. The van der Waals surface area contributed by atoms with E-state index < -0.39 is 17.6 Å². The Morgan fingerprint density at radius 2 is 1.92 bits per heavy atom. The molecule has 1 aromatic rings. The molecule has 0 saturated carbocycles. The number of benzene rings is 1. The Balaban J connectivity index is 3.14. The maximum absolute atomic E-state index is 12.5. The summed E-state index contributed by atoms with van der Waals surface area (Å²) in [5.74, 6) is -0.747. The fourth-order valence-electron chi connectivity index (χ4n) is 0.757. The Hall–Kier alpha value is -1.06. The number of halogens is 4.